The van der Waals surface area contributed by atoms with E-state index >= 15 is 0 Å². The van der Waals surface area contributed by atoms with Crippen LogP contribution < -0.4 is 10.3 Å². The van der Waals surface area contributed by atoms with Crippen LogP contribution in [-0.4, -0.2) is 5.71 Å². The monoisotopic (exact) mass is 437 g/mol. The fourth-order valence-corrected chi connectivity index (χ4v) is 4.15. The van der Waals surface area contributed by atoms with E-state index in [0.717, 1.165) is 35.1 Å². The maximum absolute atomic E-state index is 5.97. The number of halogens is 1. The van der Waals surface area contributed by atoms with Crippen molar-refractivity contribution in [3.63, 3.8) is 0 Å². The van der Waals surface area contributed by atoms with Gasteiger partial charge in [0.05, 0.1) is 17.4 Å². The standard InChI is InChI=1S/C28H24ClN3/c29-24-13-15-25(16-14-24)30-20-21-11-17-26(18-12-21)32-28(23-9-5-2-6-10-23)19-27(31-32)22-7-3-1-4-8-22/h1-18,28,30H,19-20H2. The van der Waals surface area contributed by atoms with Crippen molar-refractivity contribution in [3.05, 3.63) is 131 Å². The van der Waals surface area contributed by atoms with Crippen molar-refractivity contribution in [2.24, 2.45) is 5.10 Å². The summed E-state index contributed by atoms with van der Waals surface area (Å²) in [7, 11) is 0. The highest BCUT2D eigenvalue weighted by molar-refractivity contribution is 6.30. The molecule has 158 valence electrons. The van der Waals surface area contributed by atoms with Crippen LogP contribution in [0.1, 0.15) is 29.2 Å². The van der Waals surface area contributed by atoms with Gasteiger partial charge in [0.15, 0.2) is 0 Å². The van der Waals surface area contributed by atoms with Crippen molar-refractivity contribution in [3.8, 4) is 0 Å². The summed E-state index contributed by atoms with van der Waals surface area (Å²) >= 11 is 5.97. The Hall–Kier alpha value is -3.56. The number of hydrogen-bond donors (Lipinski definition) is 1. The minimum atomic E-state index is 0.185. The van der Waals surface area contributed by atoms with E-state index in [1.165, 1.54) is 16.7 Å². The SMILES string of the molecule is Clc1ccc(NCc2ccc(N3N=C(c4ccccc4)CC3c3ccccc3)cc2)cc1. The number of rotatable bonds is 6. The normalized spacial score (nSPS) is 15.5. The van der Waals surface area contributed by atoms with Crippen LogP contribution in [0.4, 0.5) is 11.4 Å². The van der Waals surface area contributed by atoms with Crippen LogP contribution in [-0.2, 0) is 6.54 Å². The van der Waals surface area contributed by atoms with Crippen LogP contribution in [0.15, 0.2) is 114 Å². The summed E-state index contributed by atoms with van der Waals surface area (Å²) in [6.45, 7) is 0.753. The summed E-state index contributed by atoms with van der Waals surface area (Å²) in [5, 5.41) is 11.4. The number of benzene rings is 4. The minimum Gasteiger partial charge on any atom is -0.381 e. The van der Waals surface area contributed by atoms with E-state index in [4.69, 9.17) is 16.7 Å². The fourth-order valence-electron chi connectivity index (χ4n) is 4.03. The van der Waals surface area contributed by atoms with E-state index in [2.05, 4.69) is 89.2 Å². The second-order valence-electron chi connectivity index (χ2n) is 7.91. The van der Waals surface area contributed by atoms with Crippen LogP contribution in [0.2, 0.25) is 5.02 Å². The summed E-state index contributed by atoms with van der Waals surface area (Å²) < 4.78 is 0. The Morgan fingerprint density at radius 3 is 2.12 bits per heavy atom. The van der Waals surface area contributed by atoms with Gasteiger partial charge in [-0.2, -0.15) is 5.10 Å². The molecule has 1 aliphatic heterocycles. The average Bonchev–Trinajstić information content (AvgIpc) is 3.31. The predicted molar refractivity (Wildman–Crippen MR) is 134 cm³/mol. The van der Waals surface area contributed by atoms with Crippen molar-refractivity contribution in [2.45, 2.75) is 19.0 Å². The molecular formula is C28H24ClN3. The third kappa shape index (κ3) is 4.53. The van der Waals surface area contributed by atoms with Crippen LogP contribution in [0.25, 0.3) is 0 Å². The Kier molecular flexibility index (Phi) is 5.91. The Labute approximate surface area is 194 Å². The molecule has 0 saturated carbocycles. The van der Waals surface area contributed by atoms with Crippen LogP contribution in [0, 0.1) is 0 Å². The summed E-state index contributed by atoms with van der Waals surface area (Å²) in [5.41, 5.74) is 6.94. The average molecular weight is 438 g/mol. The second kappa shape index (κ2) is 9.29. The van der Waals surface area contributed by atoms with Crippen molar-refractivity contribution in [1.29, 1.82) is 0 Å². The van der Waals surface area contributed by atoms with E-state index in [1.807, 2.05) is 30.3 Å². The van der Waals surface area contributed by atoms with Gasteiger partial charge in [-0.1, -0.05) is 84.4 Å². The highest BCUT2D eigenvalue weighted by Crippen LogP contribution is 2.36. The lowest BCUT2D eigenvalue weighted by Crippen LogP contribution is -2.18. The van der Waals surface area contributed by atoms with E-state index in [1.54, 1.807) is 0 Å². The molecule has 0 amide bonds. The zero-order valence-electron chi connectivity index (χ0n) is 17.7. The largest absolute Gasteiger partial charge is 0.381 e. The Morgan fingerprint density at radius 1 is 0.781 bits per heavy atom. The van der Waals surface area contributed by atoms with E-state index in [9.17, 15) is 0 Å². The highest BCUT2D eigenvalue weighted by atomic mass is 35.5. The third-order valence-electron chi connectivity index (χ3n) is 5.74. The molecule has 1 heterocycles. The maximum atomic E-state index is 5.97. The van der Waals surface area contributed by atoms with Gasteiger partial charge in [0, 0.05) is 23.7 Å². The molecule has 5 rings (SSSR count). The molecule has 32 heavy (non-hydrogen) atoms. The third-order valence-corrected chi connectivity index (χ3v) is 6.00. The predicted octanol–water partition coefficient (Wildman–Crippen LogP) is 7.31. The minimum absolute atomic E-state index is 0.185. The topological polar surface area (TPSA) is 27.6 Å². The van der Waals surface area contributed by atoms with Gasteiger partial charge >= 0.3 is 0 Å². The highest BCUT2D eigenvalue weighted by Gasteiger charge is 2.29. The van der Waals surface area contributed by atoms with Crippen LogP contribution in [0.5, 0.6) is 0 Å². The lowest BCUT2D eigenvalue weighted by atomic mass is 9.98. The molecule has 1 unspecified atom stereocenters. The first kappa shape index (κ1) is 20.3. The lowest BCUT2D eigenvalue weighted by molar-refractivity contribution is 0.709. The lowest BCUT2D eigenvalue weighted by Gasteiger charge is -2.24. The Morgan fingerprint density at radius 2 is 1.44 bits per heavy atom. The van der Waals surface area contributed by atoms with Gasteiger partial charge in [-0.25, -0.2) is 0 Å². The zero-order valence-corrected chi connectivity index (χ0v) is 18.4. The van der Waals surface area contributed by atoms with Crippen molar-refractivity contribution < 1.29 is 0 Å². The number of nitrogens with zero attached hydrogens (tertiary/aromatic N) is 2. The molecule has 4 aromatic rings. The number of anilines is 2. The Bertz CT molecular complexity index is 1190. The summed E-state index contributed by atoms with van der Waals surface area (Å²) in [6, 6.07) is 37.7. The van der Waals surface area contributed by atoms with Gasteiger partial charge in [-0.3, -0.25) is 5.01 Å². The van der Waals surface area contributed by atoms with Crippen molar-refractivity contribution in [1.82, 2.24) is 0 Å². The van der Waals surface area contributed by atoms with E-state index < -0.39 is 0 Å². The molecule has 1 atom stereocenters. The summed E-state index contributed by atoms with van der Waals surface area (Å²) in [5.74, 6) is 0. The number of hydrogen-bond acceptors (Lipinski definition) is 3. The maximum Gasteiger partial charge on any atom is 0.0831 e. The molecule has 0 radical (unpaired) electrons. The van der Waals surface area contributed by atoms with Crippen LogP contribution >= 0.6 is 11.6 Å². The molecule has 3 nitrogen and oxygen atoms in total. The number of hydrazone groups is 1. The molecular weight excluding hydrogens is 414 g/mol. The molecule has 4 aromatic carbocycles. The Balaban J connectivity index is 1.37. The molecule has 0 aromatic heterocycles. The van der Waals surface area contributed by atoms with E-state index in [-0.39, 0.29) is 6.04 Å². The molecule has 0 saturated heterocycles. The fraction of sp³-hybridized carbons (Fsp3) is 0.107. The quantitative estimate of drug-likeness (QED) is 0.342. The smallest absolute Gasteiger partial charge is 0.0831 e. The molecule has 0 fully saturated rings. The van der Waals surface area contributed by atoms with Crippen molar-refractivity contribution >= 4 is 28.7 Å². The van der Waals surface area contributed by atoms with Crippen LogP contribution in [0.3, 0.4) is 0 Å². The summed E-state index contributed by atoms with van der Waals surface area (Å²) in [6.07, 6.45) is 0.883. The van der Waals surface area contributed by atoms with Gasteiger partial charge < -0.3 is 5.32 Å². The van der Waals surface area contributed by atoms with E-state index in [0.29, 0.717) is 0 Å². The first-order valence-corrected chi connectivity index (χ1v) is 11.2. The van der Waals surface area contributed by atoms with Gasteiger partial charge in [0.25, 0.3) is 0 Å². The van der Waals surface area contributed by atoms with Gasteiger partial charge in [0.2, 0.25) is 0 Å². The first-order valence-electron chi connectivity index (χ1n) is 10.8. The van der Waals surface area contributed by atoms with Gasteiger partial charge in [-0.15, -0.1) is 0 Å². The number of nitrogens with one attached hydrogen (secondary N) is 1. The molecule has 1 N–H and O–H groups in total. The molecule has 0 aliphatic carbocycles. The van der Waals surface area contributed by atoms with Gasteiger partial charge in [0.1, 0.15) is 0 Å². The summed E-state index contributed by atoms with van der Waals surface area (Å²) in [4.78, 5) is 0. The van der Waals surface area contributed by atoms with Gasteiger partial charge in [-0.05, 0) is 53.1 Å². The molecule has 0 spiro atoms. The molecule has 0 bridgehead atoms. The van der Waals surface area contributed by atoms with Crippen molar-refractivity contribution in [2.75, 3.05) is 10.3 Å². The molecule has 1 aliphatic rings. The second-order valence-corrected chi connectivity index (χ2v) is 8.35. The first-order chi connectivity index (χ1) is 15.8. The zero-order chi connectivity index (χ0) is 21.8. The molecule has 4 heteroatoms.